The largest absolute Gasteiger partial charge is 0.433 e. The van der Waals surface area contributed by atoms with Crippen LogP contribution in [0.25, 0.3) is 0 Å². The van der Waals surface area contributed by atoms with Crippen molar-refractivity contribution in [1.82, 2.24) is 10.3 Å². The maximum Gasteiger partial charge on any atom is 0.433 e. The molecule has 0 bridgehead atoms. The van der Waals surface area contributed by atoms with E-state index in [1.807, 2.05) is 0 Å². The molecule has 4 nitrogen and oxygen atoms in total. The summed E-state index contributed by atoms with van der Waals surface area (Å²) in [4.78, 5) is 15.4. The fourth-order valence-corrected chi connectivity index (χ4v) is 2.04. The molecule has 1 atom stereocenters. The first kappa shape index (κ1) is 17.0. The quantitative estimate of drug-likeness (QED) is 0.909. The third-order valence-electron chi connectivity index (χ3n) is 3.26. The molecule has 1 heterocycles. The van der Waals surface area contributed by atoms with Gasteiger partial charge < -0.3 is 10.4 Å². The maximum atomic E-state index is 12.5. The number of aromatic nitrogens is 1. The molecule has 0 aliphatic carbocycles. The van der Waals surface area contributed by atoms with Crippen LogP contribution in [0.4, 0.5) is 13.2 Å². The van der Waals surface area contributed by atoms with E-state index in [0.717, 1.165) is 12.1 Å². The zero-order valence-electron chi connectivity index (χ0n) is 12.3. The second-order valence-electron chi connectivity index (χ2n) is 4.96. The molecule has 0 spiro atoms. The minimum Gasteiger partial charge on any atom is -0.387 e. The van der Waals surface area contributed by atoms with Crippen LogP contribution in [0.5, 0.6) is 0 Å². The van der Waals surface area contributed by atoms with Crippen LogP contribution in [0.1, 0.15) is 33.4 Å². The van der Waals surface area contributed by atoms with Crippen molar-refractivity contribution in [3.63, 3.8) is 0 Å². The number of benzene rings is 1. The van der Waals surface area contributed by atoms with Crippen molar-refractivity contribution in [2.24, 2.45) is 0 Å². The summed E-state index contributed by atoms with van der Waals surface area (Å²) in [6.45, 7) is 1.28. The zero-order valence-corrected chi connectivity index (χ0v) is 12.3. The van der Waals surface area contributed by atoms with E-state index in [4.69, 9.17) is 0 Å². The number of halogens is 3. The van der Waals surface area contributed by atoms with Gasteiger partial charge in [-0.25, -0.2) is 4.98 Å². The van der Waals surface area contributed by atoms with Gasteiger partial charge >= 0.3 is 6.18 Å². The lowest BCUT2D eigenvalue weighted by Gasteiger charge is -2.13. The molecule has 122 valence electrons. The van der Waals surface area contributed by atoms with Gasteiger partial charge in [-0.3, -0.25) is 4.79 Å². The molecule has 0 saturated carbocycles. The first-order valence-corrected chi connectivity index (χ1v) is 6.85. The van der Waals surface area contributed by atoms with Crippen LogP contribution in [0, 0.1) is 6.92 Å². The zero-order chi connectivity index (χ0) is 17.0. The molecule has 2 aromatic rings. The van der Waals surface area contributed by atoms with Gasteiger partial charge in [-0.15, -0.1) is 0 Å². The Balaban J connectivity index is 2.04. The number of rotatable bonds is 4. The van der Waals surface area contributed by atoms with Gasteiger partial charge in [0.25, 0.3) is 5.91 Å². The van der Waals surface area contributed by atoms with E-state index in [1.54, 1.807) is 30.3 Å². The number of hydrogen-bond acceptors (Lipinski definition) is 3. The van der Waals surface area contributed by atoms with Crippen LogP contribution in [-0.2, 0) is 6.18 Å². The number of pyridine rings is 1. The summed E-state index contributed by atoms with van der Waals surface area (Å²) in [6, 6.07) is 10.6. The number of amides is 1. The van der Waals surface area contributed by atoms with Crippen molar-refractivity contribution in [2.75, 3.05) is 6.54 Å². The van der Waals surface area contributed by atoms with Crippen molar-refractivity contribution in [3.8, 4) is 0 Å². The summed E-state index contributed by atoms with van der Waals surface area (Å²) < 4.78 is 37.6. The highest BCUT2D eigenvalue weighted by atomic mass is 19.4. The van der Waals surface area contributed by atoms with Gasteiger partial charge in [-0.2, -0.15) is 13.2 Å². The van der Waals surface area contributed by atoms with E-state index >= 15 is 0 Å². The molecule has 0 aliphatic heterocycles. The number of aliphatic hydroxyl groups is 1. The molecule has 0 fully saturated rings. The van der Waals surface area contributed by atoms with E-state index < -0.39 is 23.9 Å². The van der Waals surface area contributed by atoms with Crippen LogP contribution in [0.3, 0.4) is 0 Å². The Morgan fingerprint density at radius 1 is 1.22 bits per heavy atom. The first-order valence-electron chi connectivity index (χ1n) is 6.85. The monoisotopic (exact) mass is 324 g/mol. The van der Waals surface area contributed by atoms with Gasteiger partial charge in [0.15, 0.2) is 0 Å². The maximum absolute atomic E-state index is 12.5. The van der Waals surface area contributed by atoms with Gasteiger partial charge in [0, 0.05) is 6.54 Å². The molecule has 2 rings (SSSR count). The summed E-state index contributed by atoms with van der Waals surface area (Å²) in [5.41, 5.74) is -0.393. The fraction of sp³-hybridized carbons (Fsp3) is 0.250. The van der Waals surface area contributed by atoms with Crippen LogP contribution in [-0.4, -0.2) is 22.5 Å². The average molecular weight is 324 g/mol. The third kappa shape index (κ3) is 4.29. The molecule has 7 heteroatoms. The predicted octanol–water partition coefficient (Wildman–Crippen LogP) is 2.87. The van der Waals surface area contributed by atoms with Crippen molar-refractivity contribution < 1.29 is 23.1 Å². The second-order valence-corrected chi connectivity index (χ2v) is 4.96. The number of alkyl halides is 3. The lowest BCUT2D eigenvalue weighted by atomic mass is 10.1. The van der Waals surface area contributed by atoms with E-state index in [-0.39, 0.29) is 17.8 Å². The third-order valence-corrected chi connectivity index (χ3v) is 3.26. The first-order chi connectivity index (χ1) is 10.8. The number of carbonyl (C=O) groups excluding carboxylic acids is 1. The number of aliphatic hydroxyl groups excluding tert-OH is 1. The van der Waals surface area contributed by atoms with Crippen molar-refractivity contribution in [1.29, 1.82) is 0 Å². The Hall–Kier alpha value is -2.41. The SMILES string of the molecule is Cc1nc(C(F)(F)F)ccc1C(=O)NC[C@@H](O)c1ccccc1. The summed E-state index contributed by atoms with van der Waals surface area (Å²) in [5.74, 6) is -0.585. The number of hydrogen-bond donors (Lipinski definition) is 2. The Morgan fingerprint density at radius 2 is 1.87 bits per heavy atom. The Labute approximate surface area is 131 Å². The van der Waals surface area contributed by atoms with Gasteiger partial charge in [0.05, 0.1) is 17.4 Å². The predicted molar refractivity (Wildman–Crippen MR) is 77.7 cm³/mol. The van der Waals surface area contributed by atoms with E-state index in [1.165, 1.54) is 6.92 Å². The Kier molecular flexibility index (Phi) is 5.00. The topological polar surface area (TPSA) is 62.2 Å². The Morgan fingerprint density at radius 3 is 2.43 bits per heavy atom. The van der Waals surface area contributed by atoms with Crippen LogP contribution < -0.4 is 5.32 Å². The summed E-state index contributed by atoms with van der Waals surface area (Å²) in [5, 5.41) is 12.4. The number of nitrogens with zero attached hydrogens (tertiary/aromatic N) is 1. The lowest BCUT2D eigenvalue weighted by Crippen LogP contribution is -2.29. The fourth-order valence-electron chi connectivity index (χ4n) is 2.04. The smallest absolute Gasteiger partial charge is 0.387 e. The average Bonchev–Trinajstić information content (AvgIpc) is 2.52. The molecule has 0 unspecified atom stereocenters. The molecule has 0 saturated heterocycles. The standard InChI is InChI=1S/C16H15F3N2O2/c1-10-12(7-8-14(21-10)16(17,18)19)15(23)20-9-13(22)11-5-3-2-4-6-11/h2-8,13,22H,9H2,1H3,(H,20,23)/t13-/m1/s1. The highest BCUT2D eigenvalue weighted by Gasteiger charge is 2.33. The minimum absolute atomic E-state index is 0.0217. The van der Waals surface area contributed by atoms with Crippen LogP contribution in [0.2, 0.25) is 0 Å². The lowest BCUT2D eigenvalue weighted by molar-refractivity contribution is -0.141. The van der Waals surface area contributed by atoms with E-state index in [0.29, 0.717) is 5.56 Å². The van der Waals surface area contributed by atoms with Gasteiger partial charge in [-0.1, -0.05) is 30.3 Å². The van der Waals surface area contributed by atoms with Crippen molar-refractivity contribution >= 4 is 5.91 Å². The van der Waals surface area contributed by atoms with Crippen LogP contribution >= 0.6 is 0 Å². The molecule has 0 radical (unpaired) electrons. The van der Waals surface area contributed by atoms with Crippen molar-refractivity contribution in [2.45, 2.75) is 19.2 Å². The molecule has 2 N–H and O–H groups in total. The number of aryl methyl sites for hydroxylation is 1. The highest BCUT2D eigenvalue weighted by molar-refractivity contribution is 5.95. The molecule has 1 amide bonds. The van der Waals surface area contributed by atoms with Crippen LogP contribution in [0.15, 0.2) is 42.5 Å². The van der Waals surface area contributed by atoms with Gasteiger partial charge in [-0.05, 0) is 24.6 Å². The molecular weight excluding hydrogens is 309 g/mol. The van der Waals surface area contributed by atoms with Gasteiger partial charge in [0.1, 0.15) is 5.69 Å². The minimum atomic E-state index is -4.55. The summed E-state index contributed by atoms with van der Waals surface area (Å²) in [6.07, 6.45) is -5.45. The highest BCUT2D eigenvalue weighted by Crippen LogP contribution is 2.28. The number of carbonyl (C=O) groups is 1. The normalized spacial score (nSPS) is 12.7. The molecule has 0 aliphatic rings. The van der Waals surface area contributed by atoms with Gasteiger partial charge in [0.2, 0.25) is 0 Å². The molecule has 23 heavy (non-hydrogen) atoms. The summed E-state index contributed by atoms with van der Waals surface area (Å²) >= 11 is 0. The summed E-state index contributed by atoms with van der Waals surface area (Å²) in [7, 11) is 0. The molecular formula is C16H15F3N2O2. The number of nitrogens with one attached hydrogen (secondary N) is 1. The second kappa shape index (κ2) is 6.78. The van der Waals surface area contributed by atoms with E-state index in [9.17, 15) is 23.1 Å². The van der Waals surface area contributed by atoms with E-state index in [2.05, 4.69) is 10.3 Å². The molecule has 1 aromatic heterocycles. The molecule has 1 aromatic carbocycles. The Bertz CT molecular complexity index is 687. The van der Waals surface area contributed by atoms with Crippen molar-refractivity contribution in [3.05, 3.63) is 65.0 Å².